The number of carbonyl (C=O) groups is 1. The molecule has 8 heteroatoms. The number of ether oxygens (including phenoxy) is 1. The van der Waals surface area contributed by atoms with Gasteiger partial charge in [-0.05, 0) is 6.07 Å². The van der Waals surface area contributed by atoms with E-state index in [4.69, 9.17) is 4.74 Å². The van der Waals surface area contributed by atoms with Crippen molar-refractivity contribution in [3.63, 3.8) is 0 Å². The van der Waals surface area contributed by atoms with E-state index in [2.05, 4.69) is 4.98 Å². The van der Waals surface area contributed by atoms with Gasteiger partial charge in [-0.3, -0.25) is 9.78 Å². The Morgan fingerprint density at radius 1 is 1.38 bits per heavy atom. The third kappa shape index (κ3) is 2.56. The largest absolute Gasteiger partial charge is 0.494 e. The van der Waals surface area contributed by atoms with Gasteiger partial charge in [0.25, 0.3) is 5.91 Å². The molecule has 0 spiro atoms. The quantitative estimate of drug-likeness (QED) is 0.912. The van der Waals surface area contributed by atoms with Gasteiger partial charge in [-0.1, -0.05) is 18.2 Å². The summed E-state index contributed by atoms with van der Waals surface area (Å²) in [5.74, 6) is -0.438. The molecule has 3 rings (SSSR count). The molecule has 1 N–H and O–H groups in total. The van der Waals surface area contributed by atoms with Crippen molar-refractivity contribution < 1.29 is 27.8 Å². The minimum Gasteiger partial charge on any atom is -0.494 e. The van der Waals surface area contributed by atoms with Crippen LogP contribution in [0, 0.1) is 0 Å². The number of benzene rings is 1. The van der Waals surface area contributed by atoms with Crippen LogP contribution in [0.2, 0.25) is 0 Å². The monoisotopic (exact) mass is 340 g/mol. The van der Waals surface area contributed by atoms with E-state index >= 15 is 0 Å². The fourth-order valence-electron chi connectivity index (χ4n) is 2.86. The third-order valence-electron chi connectivity index (χ3n) is 4.24. The Morgan fingerprint density at radius 3 is 2.71 bits per heavy atom. The lowest BCUT2D eigenvalue weighted by Gasteiger charge is -2.26. The number of amides is 1. The van der Waals surface area contributed by atoms with Crippen molar-refractivity contribution in [2.75, 3.05) is 20.2 Å². The molecular weight excluding hydrogens is 325 g/mol. The van der Waals surface area contributed by atoms with Crippen LogP contribution >= 0.6 is 0 Å². The predicted molar refractivity (Wildman–Crippen MR) is 79.8 cm³/mol. The van der Waals surface area contributed by atoms with Crippen molar-refractivity contribution in [1.29, 1.82) is 0 Å². The SMILES string of the molecule is COc1cnc2ccccc2c1C(=O)N1CCC(O)(C(F)(F)F)C1. The van der Waals surface area contributed by atoms with Gasteiger partial charge in [-0.15, -0.1) is 0 Å². The molecule has 2 heterocycles. The number of fused-ring (bicyclic) bond motifs is 1. The molecule has 1 aliphatic rings. The zero-order chi connectivity index (χ0) is 17.5. The summed E-state index contributed by atoms with van der Waals surface area (Å²) in [6.07, 6.45) is -3.97. The zero-order valence-electron chi connectivity index (χ0n) is 12.8. The summed E-state index contributed by atoms with van der Waals surface area (Å²) in [7, 11) is 1.36. The van der Waals surface area contributed by atoms with Gasteiger partial charge in [-0.2, -0.15) is 13.2 Å². The second kappa shape index (κ2) is 5.62. The molecule has 128 valence electrons. The van der Waals surface area contributed by atoms with E-state index in [1.54, 1.807) is 24.3 Å². The highest BCUT2D eigenvalue weighted by Gasteiger charge is 2.58. The number of hydrogen-bond donors (Lipinski definition) is 1. The molecule has 0 radical (unpaired) electrons. The average Bonchev–Trinajstić information content (AvgIpc) is 2.96. The van der Waals surface area contributed by atoms with Gasteiger partial charge in [0.2, 0.25) is 0 Å². The Hall–Kier alpha value is -2.35. The van der Waals surface area contributed by atoms with Crippen molar-refractivity contribution >= 4 is 16.8 Å². The maximum absolute atomic E-state index is 13.0. The molecule has 1 atom stereocenters. The first kappa shape index (κ1) is 16.5. The third-order valence-corrected chi connectivity index (χ3v) is 4.24. The number of carbonyl (C=O) groups excluding carboxylic acids is 1. The Morgan fingerprint density at radius 2 is 2.08 bits per heavy atom. The lowest BCUT2D eigenvalue weighted by Crippen LogP contribution is -2.48. The maximum atomic E-state index is 13.0. The second-order valence-corrected chi connectivity index (χ2v) is 5.72. The highest BCUT2D eigenvalue weighted by atomic mass is 19.4. The first-order valence-corrected chi connectivity index (χ1v) is 7.27. The molecule has 1 aromatic carbocycles. The summed E-state index contributed by atoms with van der Waals surface area (Å²) in [5, 5.41) is 10.3. The van der Waals surface area contributed by atoms with E-state index in [-0.39, 0.29) is 17.9 Å². The van der Waals surface area contributed by atoms with Crippen LogP contribution in [0.5, 0.6) is 5.75 Å². The van der Waals surface area contributed by atoms with Crippen LogP contribution in [-0.4, -0.2) is 52.9 Å². The molecule has 1 saturated heterocycles. The zero-order valence-corrected chi connectivity index (χ0v) is 12.8. The summed E-state index contributed by atoms with van der Waals surface area (Å²) >= 11 is 0. The Kier molecular flexibility index (Phi) is 3.87. The fourth-order valence-corrected chi connectivity index (χ4v) is 2.86. The topological polar surface area (TPSA) is 62.7 Å². The minimum absolute atomic E-state index is 0.148. The van der Waals surface area contributed by atoms with Gasteiger partial charge in [0.1, 0.15) is 0 Å². The summed E-state index contributed by atoms with van der Waals surface area (Å²) < 4.78 is 44.0. The summed E-state index contributed by atoms with van der Waals surface area (Å²) in [6.45, 7) is -0.982. The van der Waals surface area contributed by atoms with Gasteiger partial charge < -0.3 is 14.7 Å². The summed E-state index contributed by atoms with van der Waals surface area (Å²) in [5.41, 5.74) is -2.19. The van der Waals surface area contributed by atoms with E-state index in [0.717, 1.165) is 4.90 Å². The smallest absolute Gasteiger partial charge is 0.419 e. The number of β-amino-alcohol motifs (C(OH)–C–C–N with tert-alkyl or cyclic N) is 1. The Bertz CT molecular complexity index is 794. The van der Waals surface area contributed by atoms with Crippen molar-refractivity contribution in [2.45, 2.75) is 18.2 Å². The van der Waals surface area contributed by atoms with E-state index < -0.39 is 30.7 Å². The van der Waals surface area contributed by atoms with E-state index in [1.165, 1.54) is 13.3 Å². The Balaban J connectivity index is 2.01. The van der Waals surface area contributed by atoms with Gasteiger partial charge >= 0.3 is 6.18 Å². The number of alkyl halides is 3. The lowest BCUT2D eigenvalue weighted by molar-refractivity contribution is -0.253. The maximum Gasteiger partial charge on any atom is 0.419 e. The van der Waals surface area contributed by atoms with Gasteiger partial charge in [0.15, 0.2) is 11.4 Å². The molecule has 1 unspecified atom stereocenters. The normalized spacial score (nSPS) is 21.3. The molecule has 24 heavy (non-hydrogen) atoms. The predicted octanol–water partition coefficient (Wildman–Crippen LogP) is 2.38. The number of rotatable bonds is 2. The van der Waals surface area contributed by atoms with Crippen molar-refractivity contribution in [3.8, 4) is 5.75 Å². The molecule has 0 saturated carbocycles. The highest BCUT2D eigenvalue weighted by Crippen LogP contribution is 2.39. The summed E-state index contributed by atoms with van der Waals surface area (Å²) in [6, 6.07) is 6.80. The van der Waals surface area contributed by atoms with Crippen molar-refractivity contribution in [3.05, 3.63) is 36.0 Å². The van der Waals surface area contributed by atoms with Crippen LogP contribution in [0.25, 0.3) is 10.9 Å². The molecular formula is C16H15F3N2O3. The average molecular weight is 340 g/mol. The first-order valence-electron chi connectivity index (χ1n) is 7.27. The highest BCUT2D eigenvalue weighted by molar-refractivity contribution is 6.08. The number of halogens is 3. The van der Waals surface area contributed by atoms with E-state index in [9.17, 15) is 23.1 Å². The van der Waals surface area contributed by atoms with Crippen LogP contribution in [0.4, 0.5) is 13.2 Å². The van der Waals surface area contributed by atoms with E-state index in [1.807, 2.05) is 0 Å². The van der Waals surface area contributed by atoms with Crippen molar-refractivity contribution in [1.82, 2.24) is 9.88 Å². The molecule has 1 fully saturated rings. The molecule has 1 aromatic heterocycles. The number of aliphatic hydroxyl groups is 1. The molecule has 0 aliphatic carbocycles. The molecule has 2 aromatic rings. The number of nitrogens with zero attached hydrogens (tertiary/aromatic N) is 2. The second-order valence-electron chi connectivity index (χ2n) is 5.72. The van der Waals surface area contributed by atoms with Crippen LogP contribution in [0.3, 0.4) is 0 Å². The van der Waals surface area contributed by atoms with Crippen molar-refractivity contribution in [2.24, 2.45) is 0 Å². The molecule has 5 nitrogen and oxygen atoms in total. The number of aromatic nitrogens is 1. The minimum atomic E-state index is -4.79. The van der Waals surface area contributed by atoms with Crippen LogP contribution in [-0.2, 0) is 0 Å². The summed E-state index contributed by atoms with van der Waals surface area (Å²) in [4.78, 5) is 18.0. The lowest BCUT2D eigenvalue weighted by atomic mass is 10.0. The van der Waals surface area contributed by atoms with Gasteiger partial charge in [-0.25, -0.2) is 0 Å². The fraction of sp³-hybridized carbons (Fsp3) is 0.375. The van der Waals surface area contributed by atoms with Gasteiger partial charge in [0, 0.05) is 18.4 Å². The van der Waals surface area contributed by atoms with Crippen LogP contribution in [0.1, 0.15) is 16.8 Å². The van der Waals surface area contributed by atoms with Crippen LogP contribution < -0.4 is 4.74 Å². The molecule has 1 amide bonds. The number of likely N-dealkylation sites (tertiary alicyclic amines) is 1. The molecule has 1 aliphatic heterocycles. The number of pyridine rings is 1. The first-order chi connectivity index (χ1) is 11.3. The van der Waals surface area contributed by atoms with E-state index in [0.29, 0.717) is 10.9 Å². The van der Waals surface area contributed by atoms with Crippen LogP contribution in [0.15, 0.2) is 30.5 Å². The standard InChI is InChI=1S/C16H15F3N2O3/c1-24-12-8-20-11-5-3-2-4-10(11)13(12)14(22)21-7-6-15(23,9-21)16(17,18)19/h2-5,8,23H,6-7,9H2,1H3. The Labute approximate surface area is 135 Å². The van der Waals surface area contributed by atoms with Gasteiger partial charge in [0.05, 0.1) is 30.9 Å². The number of methoxy groups -OCH3 is 1. The molecule has 0 bridgehead atoms. The number of hydrogen-bond acceptors (Lipinski definition) is 4. The number of para-hydroxylation sites is 1.